The summed E-state index contributed by atoms with van der Waals surface area (Å²) in [6.07, 6.45) is 1.04. The fraction of sp³-hybridized carbons (Fsp3) is 0.462. The van der Waals surface area contributed by atoms with Crippen LogP contribution in [0, 0.1) is 0 Å². The van der Waals surface area contributed by atoms with Crippen LogP contribution in [0.15, 0.2) is 28.7 Å². The van der Waals surface area contributed by atoms with E-state index in [-0.39, 0.29) is 5.91 Å². The number of carbonyl (C=O) groups is 1. The van der Waals surface area contributed by atoms with E-state index < -0.39 is 0 Å². The fourth-order valence-corrected chi connectivity index (χ4v) is 1.89. The second-order valence-corrected chi connectivity index (χ2v) is 4.87. The molecule has 1 rings (SSSR count). The highest BCUT2D eigenvalue weighted by Crippen LogP contribution is 2.17. The number of hydrogen-bond acceptors (Lipinski definition) is 2. The highest BCUT2D eigenvalue weighted by molar-refractivity contribution is 9.10. The molecule has 0 radical (unpaired) electrons. The van der Waals surface area contributed by atoms with Crippen molar-refractivity contribution >= 4 is 21.8 Å². The van der Waals surface area contributed by atoms with Gasteiger partial charge in [0.15, 0.2) is 0 Å². The first-order valence-electron chi connectivity index (χ1n) is 5.83. The first-order chi connectivity index (χ1) is 8.15. The molecule has 0 atom stereocenters. The number of nitrogens with one attached hydrogen (secondary N) is 1. The highest BCUT2D eigenvalue weighted by atomic mass is 79.9. The van der Waals surface area contributed by atoms with E-state index >= 15 is 0 Å². The summed E-state index contributed by atoms with van der Waals surface area (Å²) in [5.41, 5.74) is 1.12. The predicted octanol–water partition coefficient (Wildman–Crippen LogP) is 2.41. The van der Waals surface area contributed by atoms with Crippen molar-refractivity contribution in [3.8, 4) is 0 Å². The molecule has 0 aliphatic rings. The summed E-state index contributed by atoms with van der Waals surface area (Å²) in [6.45, 7) is 4.01. The van der Waals surface area contributed by atoms with Crippen LogP contribution in [0.4, 0.5) is 0 Å². The Balaban J connectivity index is 2.46. The molecule has 17 heavy (non-hydrogen) atoms. The minimum atomic E-state index is 0.120. The molecular formula is C13H19BrN2O. The van der Waals surface area contributed by atoms with Crippen LogP contribution >= 0.6 is 15.9 Å². The van der Waals surface area contributed by atoms with E-state index in [0.717, 1.165) is 23.0 Å². The molecular weight excluding hydrogens is 280 g/mol. The van der Waals surface area contributed by atoms with Crippen molar-refractivity contribution in [3.63, 3.8) is 0 Å². The second kappa shape index (κ2) is 7.45. The molecule has 4 heteroatoms. The lowest BCUT2D eigenvalue weighted by molar-refractivity contribution is -0.129. The third kappa shape index (κ3) is 4.88. The average Bonchev–Trinajstić information content (AvgIpc) is 2.32. The molecule has 1 aromatic rings. The van der Waals surface area contributed by atoms with Gasteiger partial charge in [-0.25, -0.2) is 0 Å². The van der Waals surface area contributed by atoms with E-state index in [1.165, 1.54) is 0 Å². The lowest BCUT2D eigenvalue weighted by Crippen LogP contribution is -2.35. The topological polar surface area (TPSA) is 32.3 Å². The Morgan fingerprint density at radius 3 is 2.76 bits per heavy atom. The van der Waals surface area contributed by atoms with Gasteiger partial charge in [0.25, 0.3) is 0 Å². The van der Waals surface area contributed by atoms with Crippen LogP contribution in [0.5, 0.6) is 0 Å². The van der Waals surface area contributed by atoms with Gasteiger partial charge in [-0.05, 0) is 24.6 Å². The maximum Gasteiger partial charge on any atom is 0.236 e. The minimum Gasteiger partial charge on any atom is -0.340 e. The highest BCUT2D eigenvalue weighted by Gasteiger charge is 2.09. The molecule has 0 spiro atoms. The van der Waals surface area contributed by atoms with E-state index in [4.69, 9.17) is 0 Å². The monoisotopic (exact) mass is 298 g/mol. The number of benzene rings is 1. The number of amides is 1. The standard InChI is InChI=1S/C13H19BrN2O/c1-3-8-15-9-13(17)16(2)10-11-6-4-5-7-12(11)14/h4-7,15H,3,8-10H2,1-2H3. The Kier molecular flexibility index (Phi) is 6.22. The molecule has 1 amide bonds. The molecule has 3 nitrogen and oxygen atoms in total. The quantitative estimate of drug-likeness (QED) is 0.818. The van der Waals surface area contributed by atoms with Crippen molar-refractivity contribution in [2.24, 2.45) is 0 Å². The SMILES string of the molecule is CCCNCC(=O)N(C)Cc1ccccc1Br. The van der Waals surface area contributed by atoms with Crippen molar-refractivity contribution in [1.29, 1.82) is 0 Å². The number of halogens is 1. The Morgan fingerprint density at radius 1 is 1.41 bits per heavy atom. The third-order valence-electron chi connectivity index (χ3n) is 2.49. The molecule has 0 heterocycles. The number of nitrogens with zero attached hydrogens (tertiary/aromatic N) is 1. The van der Waals surface area contributed by atoms with Gasteiger partial charge >= 0.3 is 0 Å². The maximum atomic E-state index is 11.8. The normalized spacial score (nSPS) is 10.3. The van der Waals surface area contributed by atoms with Gasteiger partial charge in [0, 0.05) is 18.1 Å². The Bertz CT molecular complexity index is 368. The lowest BCUT2D eigenvalue weighted by Gasteiger charge is -2.18. The molecule has 0 aliphatic heterocycles. The Labute approximate surface area is 111 Å². The molecule has 0 saturated carbocycles. The molecule has 0 aliphatic carbocycles. The van der Waals surface area contributed by atoms with Gasteiger partial charge in [0.1, 0.15) is 0 Å². The zero-order valence-electron chi connectivity index (χ0n) is 10.4. The molecule has 1 N–H and O–H groups in total. The van der Waals surface area contributed by atoms with Crippen molar-refractivity contribution in [1.82, 2.24) is 10.2 Å². The molecule has 0 unspecified atom stereocenters. The number of carbonyl (C=O) groups excluding carboxylic acids is 1. The lowest BCUT2D eigenvalue weighted by atomic mass is 10.2. The summed E-state index contributed by atoms with van der Waals surface area (Å²) in [4.78, 5) is 13.5. The van der Waals surface area contributed by atoms with Crippen molar-refractivity contribution in [2.45, 2.75) is 19.9 Å². The first-order valence-corrected chi connectivity index (χ1v) is 6.62. The zero-order valence-corrected chi connectivity index (χ0v) is 12.0. The number of likely N-dealkylation sites (N-methyl/N-ethyl adjacent to an activating group) is 1. The Morgan fingerprint density at radius 2 is 2.12 bits per heavy atom. The maximum absolute atomic E-state index is 11.8. The van der Waals surface area contributed by atoms with Crippen LogP contribution in [0.3, 0.4) is 0 Å². The van der Waals surface area contributed by atoms with Gasteiger partial charge in [-0.15, -0.1) is 0 Å². The fourth-order valence-electron chi connectivity index (χ4n) is 1.48. The number of rotatable bonds is 6. The second-order valence-electron chi connectivity index (χ2n) is 4.02. The van der Waals surface area contributed by atoms with Crippen LogP contribution in [0.1, 0.15) is 18.9 Å². The van der Waals surface area contributed by atoms with Crippen molar-refractivity contribution in [2.75, 3.05) is 20.1 Å². The summed E-state index contributed by atoms with van der Waals surface area (Å²) in [6, 6.07) is 7.96. The molecule has 94 valence electrons. The molecule has 0 saturated heterocycles. The summed E-state index contributed by atoms with van der Waals surface area (Å²) < 4.78 is 1.04. The van der Waals surface area contributed by atoms with E-state index in [1.54, 1.807) is 4.90 Å². The van der Waals surface area contributed by atoms with E-state index in [2.05, 4.69) is 28.2 Å². The van der Waals surface area contributed by atoms with Gasteiger partial charge in [-0.1, -0.05) is 41.1 Å². The smallest absolute Gasteiger partial charge is 0.236 e. The van der Waals surface area contributed by atoms with Crippen LogP contribution in [-0.2, 0) is 11.3 Å². The van der Waals surface area contributed by atoms with Crippen LogP contribution in [0.25, 0.3) is 0 Å². The summed E-state index contributed by atoms with van der Waals surface area (Å²) in [5.74, 6) is 0.120. The van der Waals surface area contributed by atoms with Crippen molar-refractivity contribution < 1.29 is 4.79 Å². The van der Waals surface area contributed by atoms with E-state index in [1.807, 2.05) is 31.3 Å². The van der Waals surface area contributed by atoms with Crippen LogP contribution in [-0.4, -0.2) is 30.9 Å². The van der Waals surface area contributed by atoms with Gasteiger partial charge in [0.2, 0.25) is 5.91 Å². The minimum absolute atomic E-state index is 0.120. The molecule has 0 aromatic heterocycles. The van der Waals surface area contributed by atoms with Gasteiger partial charge in [-0.3, -0.25) is 4.79 Å². The van der Waals surface area contributed by atoms with Gasteiger partial charge in [0.05, 0.1) is 6.54 Å². The summed E-state index contributed by atoms with van der Waals surface area (Å²) in [7, 11) is 1.83. The summed E-state index contributed by atoms with van der Waals surface area (Å²) in [5, 5.41) is 3.11. The van der Waals surface area contributed by atoms with Gasteiger partial charge in [-0.2, -0.15) is 0 Å². The third-order valence-corrected chi connectivity index (χ3v) is 3.27. The van der Waals surface area contributed by atoms with Gasteiger partial charge < -0.3 is 10.2 Å². The van der Waals surface area contributed by atoms with Crippen molar-refractivity contribution in [3.05, 3.63) is 34.3 Å². The largest absolute Gasteiger partial charge is 0.340 e. The first kappa shape index (κ1) is 14.2. The van der Waals surface area contributed by atoms with E-state index in [0.29, 0.717) is 13.1 Å². The number of hydrogen-bond donors (Lipinski definition) is 1. The Hall–Kier alpha value is -0.870. The van der Waals surface area contributed by atoms with Crippen LogP contribution in [0.2, 0.25) is 0 Å². The molecule has 0 bridgehead atoms. The zero-order chi connectivity index (χ0) is 12.7. The molecule has 1 aromatic carbocycles. The molecule has 0 fully saturated rings. The predicted molar refractivity (Wildman–Crippen MR) is 73.8 cm³/mol. The van der Waals surface area contributed by atoms with E-state index in [9.17, 15) is 4.79 Å². The average molecular weight is 299 g/mol. The summed E-state index contributed by atoms with van der Waals surface area (Å²) >= 11 is 3.48. The van der Waals surface area contributed by atoms with Crippen LogP contribution < -0.4 is 5.32 Å².